The highest BCUT2D eigenvalue weighted by molar-refractivity contribution is 6.35. The average molecular weight is 426 g/mol. The summed E-state index contributed by atoms with van der Waals surface area (Å²) in [5, 5.41) is 6.04. The fraction of sp³-hybridized carbons (Fsp3) is 0.316. The smallest absolute Gasteiger partial charge is 0.262 e. The molecule has 148 valence electrons. The van der Waals surface area contributed by atoms with Crippen LogP contribution in [0.1, 0.15) is 24.0 Å². The number of carbonyl (C=O) groups excluding carboxylic acids is 2. The van der Waals surface area contributed by atoms with Gasteiger partial charge in [-0.05, 0) is 42.7 Å². The van der Waals surface area contributed by atoms with Gasteiger partial charge in [-0.15, -0.1) is 0 Å². The number of amides is 2. The summed E-state index contributed by atoms with van der Waals surface area (Å²) in [4.78, 5) is 28.5. The van der Waals surface area contributed by atoms with Gasteiger partial charge in [0.2, 0.25) is 11.5 Å². The molecule has 2 heterocycles. The SMILES string of the molecule is O=C1COc2ncccc2[C@@](F)(C(=O)NCc2ccc(Cl)cc2Cl)CCCN1. The number of ether oxygens (including phenoxy) is 1. The lowest BCUT2D eigenvalue weighted by Gasteiger charge is -2.27. The number of rotatable bonds is 3. The van der Waals surface area contributed by atoms with Crippen LogP contribution in [0, 0.1) is 0 Å². The monoisotopic (exact) mass is 425 g/mol. The van der Waals surface area contributed by atoms with E-state index in [0.29, 0.717) is 15.6 Å². The van der Waals surface area contributed by atoms with Gasteiger partial charge in [0.25, 0.3) is 11.8 Å². The van der Waals surface area contributed by atoms with E-state index < -0.39 is 11.6 Å². The Labute approximate surface area is 171 Å². The molecule has 0 saturated carbocycles. The Balaban J connectivity index is 1.85. The molecule has 0 aliphatic carbocycles. The predicted molar refractivity (Wildman–Crippen MR) is 103 cm³/mol. The van der Waals surface area contributed by atoms with Gasteiger partial charge in [-0.25, -0.2) is 9.37 Å². The minimum Gasteiger partial charge on any atom is -0.467 e. The van der Waals surface area contributed by atoms with Crippen molar-refractivity contribution in [2.75, 3.05) is 13.2 Å². The Morgan fingerprint density at radius 3 is 2.96 bits per heavy atom. The number of fused-ring (bicyclic) bond motifs is 1. The Morgan fingerprint density at radius 1 is 1.36 bits per heavy atom. The largest absolute Gasteiger partial charge is 0.467 e. The Morgan fingerprint density at radius 2 is 2.18 bits per heavy atom. The van der Waals surface area contributed by atoms with Crippen LogP contribution in [0.3, 0.4) is 0 Å². The minimum atomic E-state index is -2.37. The van der Waals surface area contributed by atoms with Crippen molar-refractivity contribution in [1.82, 2.24) is 15.6 Å². The summed E-state index contributed by atoms with van der Waals surface area (Å²) in [7, 11) is 0. The van der Waals surface area contributed by atoms with Crippen molar-refractivity contribution in [2.24, 2.45) is 0 Å². The number of alkyl halides is 1. The topological polar surface area (TPSA) is 80.3 Å². The number of hydrogen-bond donors (Lipinski definition) is 2. The molecule has 1 aliphatic rings. The van der Waals surface area contributed by atoms with Crippen molar-refractivity contribution < 1.29 is 18.7 Å². The molecule has 0 fully saturated rings. The zero-order valence-electron chi connectivity index (χ0n) is 14.8. The van der Waals surface area contributed by atoms with Crippen LogP contribution in [0.25, 0.3) is 0 Å². The first kappa shape index (κ1) is 20.4. The average Bonchev–Trinajstić information content (AvgIpc) is 2.68. The number of aromatic nitrogens is 1. The van der Waals surface area contributed by atoms with Crippen molar-refractivity contribution in [3.8, 4) is 5.88 Å². The first-order valence-corrected chi connectivity index (χ1v) is 9.42. The predicted octanol–water partition coefficient (Wildman–Crippen LogP) is 3.16. The normalized spacial score (nSPS) is 19.8. The standard InChI is InChI=1S/C19H18Cl2FN3O3/c20-13-5-4-12(15(21)9-13)10-25-18(27)19(22)6-2-8-23-16(26)11-28-17-14(19)3-1-7-24-17/h1,3-5,7,9H,2,6,8,10-11H2,(H,23,26)(H,25,27)/t19-/m1/s1. The number of carbonyl (C=O) groups is 2. The molecule has 0 bridgehead atoms. The number of nitrogens with zero attached hydrogens (tertiary/aromatic N) is 1. The van der Waals surface area contributed by atoms with Gasteiger partial charge >= 0.3 is 0 Å². The summed E-state index contributed by atoms with van der Waals surface area (Å²) in [6.07, 6.45) is 1.54. The van der Waals surface area contributed by atoms with Gasteiger partial charge in [0.15, 0.2) is 6.61 Å². The van der Waals surface area contributed by atoms with E-state index in [1.807, 2.05) is 0 Å². The van der Waals surface area contributed by atoms with E-state index in [9.17, 15) is 9.59 Å². The van der Waals surface area contributed by atoms with E-state index in [-0.39, 0.29) is 49.9 Å². The summed E-state index contributed by atoms with van der Waals surface area (Å²) in [6, 6.07) is 7.81. The fourth-order valence-corrected chi connectivity index (χ4v) is 3.38. The van der Waals surface area contributed by atoms with E-state index >= 15 is 4.39 Å². The lowest BCUT2D eigenvalue weighted by atomic mass is 9.90. The van der Waals surface area contributed by atoms with Crippen molar-refractivity contribution in [2.45, 2.75) is 25.1 Å². The van der Waals surface area contributed by atoms with Gasteiger partial charge in [-0.1, -0.05) is 29.3 Å². The van der Waals surface area contributed by atoms with Crippen molar-refractivity contribution in [3.63, 3.8) is 0 Å². The maximum absolute atomic E-state index is 16.0. The van der Waals surface area contributed by atoms with Crippen LogP contribution < -0.4 is 15.4 Å². The highest BCUT2D eigenvalue weighted by Gasteiger charge is 2.43. The molecule has 0 saturated heterocycles. The molecular formula is C19H18Cl2FN3O3. The van der Waals surface area contributed by atoms with E-state index in [2.05, 4.69) is 15.6 Å². The molecular weight excluding hydrogens is 408 g/mol. The van der Waals surface area contributed by atoms with Gasteiger partial charge in [-0.2, -0.15) is 0 Å². The van der Waals surface area contributed by atoms with Gasteiger partial charge in [0.1, 0.15) is 0 Å². The van der Waals surface area contributed by atoms with Crippen LogP contribution in [-0.4, -0.2) is 29.9 Å². The Hall–Kier alpha value is -2.38. The number of nitrogens with one attached hydrogen (secondary N) is 2. The Bertz CT molecular complexity index is 896. The molecule has 0 unspecified atom stereocenters. The van der Waals surface area contributed by atoms with Crippen LogP contribution in [0.4, 0.5) is 4.39 Å². The molecule has 6 nitrogen and oxygen atoms in total. The molecule has 0 radical (unpaired) electrons. The third-order valence-electron chi connectivity index (χ3n) is 4.37. The Kier molecular flexibility index (Phi) is 6.36. The van der Waals surface area contributed by atoms with Crippen LogP contribution in [-0.2, 0) is 21.8 Å². The van der Waals surface area contributed by atoms with Gasteiger partial charge < -0.3 is 15.4 Å². The summed E-state index contributed by atoms with van der Waals surface area (Å²) < 4.78 is 21.3. The summed E-state index contributed by atoms with van der Waals surface area (Å²) in [5.74, 6) is -1.24. The molecule has 9 heteroatoms. The van der Waals surface area contributed by atoms with E-state index in [0.717, 1.165) is 0 Å². The minimum absolute atomic E-state index is 0.00981. The zero-order valence-corrected chi connectivity index (χ0v) is 16.3. The number of halogens is 3. The number of pyridine rings is 1. The molecule has 1 atom stereocenters. The van der Waals surface area contributed by atoms with Crippen molar-refractivity contribution in [1.29, 1.82) is 0 Å². The van der Waals surface area contributed by atoms with Crippen LogP contribution in [0.15, 0.2) is 36.5 Å². The van der Waals surface area contributed by atoms with Crippen LogP contribution >= 0.6 is 23.2 Å². The van der Waals surface area contributed by atoms with Crippen molar-refractivity contribution >= 4 is 35.0 Å². The first-order chi connectivity index (χ1) is 13.4. The van der Waals surface area contributed by atoms with Crippen molar-refractivity contribution in [3.05, 3.63) is 57.7 Å². The first-order valence-electron chi connectivity index (χ1n) is 8.66. The van der Waals surface area contributed by atoms with Crippen LogP contribution in [0.2, 0.25) is 10.0 Å². The third kappa shape index (κ3) is 4.54. The molecule has 2 amide bonds. The third-order valence-corrected chi connectivity index (χ3v) is 4.96. The van der Waals surface area contributed by atoms with E-state index in [4.69, 9.17) is 27.9 Å². The quantitative estimate of drug-likeness (QED) is 0.791. The fourth-order valence-electron chi connectivity index (χ4n) is 2.90. The molecule has 1 aromatic heterocycles. The van der Waals surface area contributed by atoms with E-state index in [1.54, 1.807) is 18.2 Å². The summed E-state index contributed by atoms with van der Waals surface area (Å²) in [6.45, 7) is -0.0322. The highest BCUT2D eigenvalue weighted by Crippen LogP contribution is 2.37. The van der Waals surface area contributed by atoms with Gasteiger partial charge in [0.05, 0.1) is 5.56 Å². The number of hydrogen-bond acceptors (Lipinski definition) is 4. The molecule has 3 rings (SSSR count). The second kappa shape index (κ2) is 8.75. The summed E-state index contributed by atoms with van der Waals surface area (Å²) in [5.41, 5.74) is -1.77. The molecule has 1 aliphatic heterocycles. The molecule has 0 spiro atoms. The second-order valence-electron chi connectivity index (χ2n) is 6.32. The highest BCUT2D eigenvalue weighted by atomic mass is 35.5. The van der Waals surface area contributed by atoms with Gasteiger partial charge in [-0.3, -0.25) is 9.59 Å². The molecule has 2 aromatic rings. The van der Waals surface area contributed by atoms with E-state index in [1.165, 1.54) is 18.3 Å². The maximum Gasteiger partial charge on any atom is 0.262 e. The second-order valence-corrected chi connectivity index (χ2v) is 7.16. The molecule has 2 N–H and O–H groups in total. The maximum atomic E-state index is 16.0. The molecule has 1 aromatic carbocycles. The lowest BCUT2D eigenvalue weighted by Crippen LogP contribution is -2.43. The number of benzene rings is 1. The van der Waals surface area contributed by atoms with Crippen LogP contribution in [0.5, 0.6) is 5.88 Å². The summed E-state index contributed by atoms with van der Waals surface area (Å²) >= 11 is 12.0. The lowest BCUT2D eigenvalue weighted by molar-refractivity contribution is -0.134. The molecule has 28 heavy (non-hydrogen) atoms. The van der Waals surface area contributed by atoms with Gasteiger partial charge in [0, 0.05) is 29.3 Å². The zero-order chi connectivity index (χ0) is 20.1.